The van der Waals surface area contributed by atoms with Crippen molar-refractivity contribution in [1.82, 2.24) is 0 Å². The van der Waals surface area contributed by atoms with E-state index in [-0.39, 0.29) is 28.3 Å². The van der Waals surface area contributed by atoms with Gasteiger partial charge in [0.2, 0.25) is 0 Å². The smallest absolute Gasteiger partial charge is 0.311 e. The molecule has 1 N–H and O–H groups in total. The van der Waals surface area contributed by atoms with Crippen molar-refractivity contribution in [2.75, 3.05) is 32.6 Å². The van der Waals surface area contributed by atoms with Crippen molar-refractivity contribution in [1.29, 1.82) is 0 Å². The van der Waals surface area contributed by atoms with Gasteiger partial charge in [0.25, 0.3) is 0 Å². The Bertz CT molecular complexity index is 839. The van der Waals surface area contributed by atoms with Crippen LogP contribution in [0.1, 0.15) is 38.2 Å². The molecule has 2 saturated heterocycles. The van der Waals surface area contributed by atoms with Gasteiger partial charge in [-0.15, -0.1) is 0 Å². The quantitative estimate of drug-likeness (QED) is 0.623. The second-order valence-corrected chi connectivity index (χ2v) is 9.93. The second kappa shape index (κ2) is 4.30. The number of hydrogen-bond acceptors (Lipinski definition) is 3. The summed E-state index contributed by atoms with van der Waals surface area (Å²) in [5, 5.41) is 3.99. The molecule has 1 aromatic rings. The molecule has 4 nitrogen and oxygen atoms in total. The average Bonchev–Trinajstić information content (AvgIpc) is 3.27. The molecule has 4 fully saturated rings. The van der Waals surface area contributed by atoms with Gasteiger partial charge in [0.15, 0.2) is 0 Å². The van der Waals surface area contributed by atoms with Gasteiger partial charge in [-0.05, 0) is 36.8 Å². The van der Waals surface area contributed by atoms with E-state index in [1.54, 1.807) is 7.11 Å². The van der Waals surface area contributed by atoms with E-state index in [0.717, 1.165) is 6.42 Å². The molecule has 1 aromatic carbocycles. The highest BCUT2D eigenvalue weighted by molar-refractivity contribution is 5.82. The van der Waals surface area contributed by atoms with Crippen LogP contribution in [-0.2, 0) is 14.9 Å². The number of ether oxygens (including phenoxy) is 1. The summed E-state index contributed by atoms with van der Waals surface area (Å²) in [7, 11) is 4.06. The van der Waals surface area contributed by atoms with Crippen LogP contribution in [0.5, 0.6) is 0 Å². The maximum absolute atomic E-state index is 13.0. The molecule has 3 heterocycles. The zero-order valence-electron chi connectivity index (χ0n) is 16.0. The molecule has 2 aliphatic carbocycles. The number of rotatable bonds is 1. The maximum atomic E-state index is 13.0. The first-order valence-electron chi connectivity index (χ1n) is 10.3. The van der Waals surface area contributed by atoms with Crippen LogP contribution in [0, 0.1) is 17.3 Å². The maximum Gasteiger partial charge on any atom is 0.311 e. The van der Waals surface area contributed by atoms with Crippen molar-refractivity contribution < 1.29 is 14.0 Å². The van der Waals surface area contributed by atoms with Crippen LogP contribution < -0.4 is 5.32 Å². The highest BCUT2D eigenvalue weighted by Gasteiger charge is 2.89. The van der Waals surface area contributed by atoms with Crippen LogP contribution in [0.25, 0.3) is 0 Å². The van der Waals surface area contributed by atoms with Crippen LogP contribution in [0.4, 0.5) is 5.69 Å². The van der Waals surface area contributed by atoms with E-state index in [2.05, 4.69) is 43.6 Å². The van der Waals surface area contributed by atoms with E-state index < -0.39 is 0 Å². The zero-order chi connectivity index (χ0) is 17.9. The number of piperidine rings is 1. The predicted octanol–water partition coefficient (Wildman–Crippen LogP) is 2.93. The number of methoxy groups -OCH3 is 1. The Morgan fingerprint density at radius 3 is 2.88 bits per heavy atom. The highest BCUT2D eigenvalue weighted by atomic mass is 16.5. The number of esters is 1. The number of likely N-dealkylation sites (N-methyl/N-ethyl adjacent to an activating group) is 1. The second-order valence-electron chi connectivity index (χ2n) is 9.93. The lowest BCUT2D eigenvalue weighted by Gasteiger charge is -2.54. The number of carbonyl (C=O) groups excluding carboxylic acids is 1. The summed E-state index contributed by atoms with van der Waals surface area (Å²) in [4.78, 5) is 13.0. The lowest BCUT2D eigenvalue weighted by molar-refractivity contribution is -0.936. The summed E-state index contributed by atoms with van der Waals surface area (Å²) < 4.78 is 6.56. The Morgan fingerprint density at radius 2 is 2.08 bits per heavy atom. The third-order valence-corrected chi connectivity index (χ3v) is 9.62. The minimum atomic E-state index is -0.172. The zero-order valence-corrected chi connectivity index (χ0v) is 16.0. The number of hydrogen-bond donors (Lipinski definition) is 1. The molecular formula is C22H29N2O2+. The standard InChI is InChI=1S/C22H29N2O2/c1-14-20-9-6-11-24(2)12-10-21(19(20)24)15-7-4-5-8-17(15)23-22(14,21)16(13-20)18(25)26-3/h4-5,7-8,14,16,19,23H,6,9-13H2,1-3H3/q+1/t14-,16-,19-,20+,21+,22+,24?/m0/s1. The number of carbonyl (C=O) groups is 1. The molecule has 26 heavy (non-hydrogen) atoms. The van der Waals surface area contributed by atoms with Crippen molar-refractivity contribution in [3.63, 3.8) is 0 Å². The summed E-state index contributed by atoms with van der Waals surface area (Å²) in [5.74, 6) is 0.462. The summed E-state index contributed by atoms with van der Waals surface area (Å²) in [6.07, 6.45) is 4.76. The lowest BCUT2D eigenvalue weighted by atomic mass is 9.56. The van der Waals surface area contributed by atoms with Crippen LogP contribution in [0.2, 0.25) is 0 Å². The first kappa shape index (κ1) is 15.5. The van der Waals surface area contributed by atoms with Crippen molar-refractivity contribution in [2.24, 2.45) is 17.3 Å². The number of anilines is 1. The van der Waals surface area contributed by atoms with E-state index in [9.17, 15) is 4.79 Å². The number of nitrogens with one attached hydrogen (secondary N) is 1. The van der Waals surface area contributed by atoms with Gasteiger partial charge >= 0.3 is 5.97 Å². The first-order valence-corrected chi connectivity index (χ1v) is 10.3. The van der Waals surface area contributed by atoms with E-state index in [4.69, 9.17) is 4.74 Å². The molecule has 0 radical (unpaired) electrons. The van der Waals surface area contributed by atoms with Crippen LogP contribution in [-0.4, -0.2) is 49.3 Å². The third-order valence-electron chi connectivity index (χ3n) is 9.62. The molecule has 3 spiro atoms. The third kappa shape index (κ3) is 1.24. The fourth-order valence-electron chi connectivity index (χ4n) is 9.19. The average molecular weight is 353 g/mol. The highest BCUT2D eigenvalue weighted by Crippen LogP contribution is 2.80. The molecule has 138 valence electrons. The van der Waals surface area contributed by atoms with Crippen molar-refractivity contribution in [3.8, 4) is 0 Å². The van der Waals surface area contributed by atoms with E-state index >= 15 is 0 Å². The van der Waals surface area contributed by atoms with Crippen LogP contribution in [0.15, 0.2) is 24.3 Å². The first-order chi connectivity index (χ1) is 12.5. The largest absolute Gasteiger partial charge is 0.469 e. The SMILES string of the molecule is COC(=O)[C@@H]1C[C@]23CCC[N+]4(C)CC[C@@]5(c6ccccc6N[C@]15[C@H]2C)[C@H]34. The molecule has 0 amide bonds. The van der Waals surface area contributed by atoms with Gasteiger partial charge < -0.3 is 14.5 Å². The van der Waals surface area contributed by atoms with Gasteiger partial charge in [0.1, 0.15) is 6.04 Å². The fraction of sp³-hybridized carbons (Fsp3) is 0.682. The Hall–Kier alpha value is -1.55. The van der Waals surface area contributed by atoms with E-state index in [1.165, 1.54) is 48.1 Å². The van der Waals surface area contributed by atoms with Gasteiger partial charge in [0.05, 0.1) is 44.1 Å². The van der Waals surface area contributed by atoms with Gasteiger partial charge in [-0.3, -0.25) is 4.79 Å². The molecule has 0 aromatic heterocycles. The minimum Gasteiger partial charge on any atom is -0.469 e. The molecule has 2 bridgehead atoms. The normalized spacial score (nSPS) is 52.2. The molecule has 5 aliphatic rings. The molecular weight excluding hydrogens is 324 g/mol. The predicted molar refractivity (Wildman–Crippen MR) is 99.8 cm³/mol. The number of benzene rings is 1. The molecule has 6 rings (SSSR count). The fourth-order valence-corrected chi connectivity index (χ4v) is 9.19. The van der Waals surface area contributed by atoms with Gasteiger partial charge in [-0.1, -0.05) is 25.1 Å². The van der Waals surface area contributed by atoms with Crippen molar-refractivity contribution in [2.45, 2.75) is 49.6 Å². The summed E-state index contributed by atoms with van der Waals surface area (Å²) in [6.45, 7) is 4.98. The topological polar surface area (TPSA) is 38.3 Å². The van der Waals surface area contributed by atoms with Gasteiger partial charge in [-0.2, -0.15) is 0 Å². The molecule has 3 aliphatic heterocycles. The van der Waals surface area contributed by atoms with E-state index in [0.29, 0.717) is 12.0 Å². The summed E-state index contributed by atoms with van der Waals surface area (Å²) in [6, 6.07) is 9.52. The van der Waals surface area contributed by atoms with Crippen molar-refractivity contribution >= 4 is 11.7 Å². The van der Waals surface area contributed by atoms with Gasteiger partial charge in [0, 0.05) is 17.5 Å². The van der Waals surface area contributed by atoms with Crippen molar-refractivity contribution in [3.05, 3.63) is 29.8 Å². The molecule has 7 atom stereocenters. The Morgan fingerprint density at radius 1 is 1.27 bits per heavy atom. The van der Waals surface area contributed by atoms with Crippen LogP contribution >= 0.6 is 0 Å². The minimum absolute atomic E-state index is 0.00136. The van der Waals surface area contributed by atoms with E-state index in [1.807, 2.05) is 0 Å². The Labute approximate surface area is 155 Å². The Kier molecular flexibility index (Phi) is 2.56. The number of nitrogens with zero attached hydrogens (tertiary/aromatic N) is 1. The Balaban J connectivity index is 1.69. The number of para-hydroxylation sites is 1. The monoisotopic (exact) mass is 353 g/mol. The number of quaternary nitrogens is 1. The van der Waals surface area contributed by atoms with Gasteiger partial charge in [-0.25, -0.2) is 0 Å². The molecule has 2 saturated carbocycles. The van der Waals surface area contributed by atoms with Crippen LogP contribution in [0.3, 0.4) is 0 Å². The molecule has 4 heteroatoms. The molecule has 1 unspecified atom stereocenters. The summed E-state index contributed by atoms with van der Waals surface area (Å²) in [5.41, 5.74) is 2.92. The summed E-state index contributed by atoms with van der Waals surface area (Å²) >= 11 is 0. The number of fused-ring (bicyclic) bond motifs is 1. The lowest BCUT2D eigenvalue weighted by Crippen LogP contribution is -2.67.